The molecule has 2 N–H and O–H groups in total. The number of rotatable bonds is 10. The minimum atomic E-state index is -0.298. The van der Waals surface area contributed by atoms with Gasteiger partial charge in [-0.3, -0.25) is 9.59 Å². The monoisotopic (exact) mass is 552 g/mol. The number of aromatic nitrogens is 3. The van der Waals surface area contributed by atoms with Crippen LogP contribution in [0.25, 0.3) is 6.08 Å². The van der Waals surface area contributed by atoms with E-state index < -0.39 is 0 Å². The maximum Gasteiger partial charge on any atom is 0.244 e. The first-order valence-corrected chi connectivity index (χ1v) is 13.9. The molecule has 0 fully saturated rings. The highest BCUT2D eigenvalue weighted by Crippen LogP contribution is 2.37. The van der Waals surface area contributed by atoms with Gasteiger partial charge >= 0.3 is 0 Å². The van der Waals surface area contributed by atoms with E-state index in [1.54, 1.807) is 22.8 Å². The molecule has 1 aliphatic carbocycles. The van der Waals surface area contributed by atoms with Crippen LogP contribution in [-0.2, 0) is 35.5 Å². The lowest BCUT2D eigenvalue weighted by atomic mass is 9.96. The van der Waals surface area contributed by atoms with Gasteiger partial charge in [0.1, 0.15) is 11.1 Å². The van der Waals surface area contributed by atoms with Crippen LogP contribution in [0.2, 0.25) is 5.02 Å². The van der Waals surface area contributed by atoms with Crippen LogP contribution < -0.4 is 10.6 Å². The Bertz CT molecular complexity index is 1390. The van der Waals surface area contributed by atoms with Gasteiger partial charge in [-0.05, 0) is 49.0 Å². The Hall–Kier alpha value is -3.39. The predicted molar refractivity (Wildman–Crippen MR) is 148 cm³/mol. The van der Waals surface area contributed by atoms with Crippen LogP contribution in [0, 0.1) is 11.3 Å². The largest absolute Gasteiger partial charge is 0.345 e. The van der Waals surface area contributed by atoms with Crippen molar-refractivity contribution in [3.8, 4) is 6.07 Å². The Balaban J connectivity index is 1.35. The van der Waals surface area contributed by atoms with Crippen molar-refractivity contribution >= 4 is 57.6 Å². The number of amides is 2. The van der Waals surface area contributed by atoms with Gasteiger partial charge < -0.3 is 15.2 Å². The van der Waals surface area contributed by atoms with Crippen molar-refractivity contribution in [1.82, 2.24) is 20.1 Å². The van der Waals surface area contributed by atoms with Gasteiger partial charge in [-0.15, -0.1) is 28.1 Å². The topological polar surface area (TPSA) is 113 Å². The summed E-state index contributed by atoms with van der Waals surface area (Å²) in [4.78, 5) is 26.2. The summed E-state index contributed by atoms with van der Waals surface area (Å²) in [6.07, 6.45) is 8.78. The van der Waals surface area contributed by atoms with E-state index in [1.807, 2.05) is 18.2 Å². The summed E-state index contributed by atoms with van der Waals surface area (Å²) < 4.78 is 1.80. The normalized spacial score (nSPS) is 12.6. The maximum absolute atomic E-state index is 12.7. The lowest BCUT2D eigenvalue weighted by molar-refractivity contribution is -0.116. The van der Waals surface area contributed by atoms with Crippen LogP contribution in [0.15, 0.2) is 48.2 Å². The SMILES string of the molecule is C=CCn1c(CNC(=O)C=Cc2ccccc2Cl)nnc1SCC(=O)Nc1sc2c(c1C#N)CCCC2. The van der Waals surface area contributed by atoms with Crippen molar-refractivity contribution in [3.63, 3.8) is 0 Å². The van der Waals surface area contributed by atoms with Crippen LogP contribution in [0.1, 0.15) is 40.2 Å². The van der Waals surface area contributed by atoms with Gasteiger partial charge in [0.15, 0.2) is 11.0 Å². The van der Waals surface area contributed by atoms with Gasteiger partial charge in [-0.1, -0.05) is 47.6 Å². The molecule has 0 atom stereocenters. The van der Waals surface area contributed by atoms with Gasteiger partial charge in [-0.25, -0.2) is 0 Å². The van der Waals surface area contributed by atoms with Crippen LogP contribution in [0.4, 0.5) is 5.00 Å². The molecule has 0 saturated carbocycles. The van der Waals surface area contributed by atoms with Crippen molar-refractivity contribution < 1.29 is 9.59 Å². The highest BCUT2D eigenvalue weighted by Gasteiger charge is 2.22. The number of nitrogens with zero attached hydrogens (tertiary/aromatic N) is 4. The van der Waals surface area contributed by atoms with Gasteiger partial charge in [0.25, 0.3) is 0 Å². The van der Waals surface area contributed by atoms with E-state index in [0.29, 0.717) is 33.1 Å². The summed E-state index contributed by atoms with van der Waals surface area (Å²) in [6.45, 7) is 4.36. The summed E-state index contributed by atoms with van der Waals surface area (Å²) in [7, 11) is 0. The number of thioether (sulfide) groups is 1. The van der Waals surface area contributed by atoms with Crippen LogP contribution >= 0.6 is 34.7 Å². The van der Waals surface area contributed by atoms with Gasteiger partial charge in [-0.2, -0.15) is 5.26 Å². The number of thiophene rings is 1. The number of carbonyl (C=O) groups excluding carboxylic acids is 2. The lowest BCUT2D eigenvalue weighted by Gasteiger charge is -2.09. The number of nitrogens with one attached hydrogen (secondary N) is 2. The molecular weight excluding hydrogens is 528 g/mol. The molecule has 2 heterocycles. The first-order valence-electron chi connectivity index (χ1n) is 11.7. The van der Waals surface area contributed by atoms with Gasteiger partial charge in [0, 0.05) is 22.5 Å². The molecule has 8 nitrogen and oxygen atoms in total. The minimum absolute atomic E-state index is 0.107. The van der Waals surface area contributed by atoms with E-state index in [2.05, 4.69) is 33.5 Å². The first-order chi connectivity index (χ1) is 18.0. The molecular formula is C26H25ClN6O2S2. The molecule has 2 amide bonds. The molecule has 4 rings (SSSR count). The number of fused-ring (bicyclic) bond motifs is 1. The predicted octanol–water partition coefficient (Wildman–Crippen LogP) is 4.99. The fourth-order valence-electron chi connectivity index (χ4n) is 3.93. The molecule has 0 saturated heterocycles. The number of halogens is 1. The second-order valence-corrected chi connectivity index (χ2v) is 10.7. The standard InChI is InChI=1S/C26H25ClN6O2S2/c1-2-13-33-22(15-29-23(34)12-11-17-7-3-5-9-20(17)27)31-32-26(33)36-16-24(35)30-25-19(14-28)18-8-4-6-10-21(18)37-25/h2-3,5,7,9,11-12H,1,4,6,8,10,13,15-16H2,(H,29,34)(H,30,35). The van der Waals surface area contributed by atoms with Gasteiger partial charge in [0.2, 0.25) is 11.8 Å². The summed E-state index contributed by atoms with van der Waals surface area (Å²) in [5.41, 5.74) is 2.42. The Morgan fingerprint density at radius 1 is 1.27 bits per heavy atom. The quantitative estimate of drug-likeness (QED) is 0.208. The Labute approximate surface area is 228 Å². The first kappa shape index (κ1) is 26.7. The number of carbonyl (C=O) groups is 2. The number of nitriles is 1. The second-order valence-electron chi connectivity index (χ2n) is 8.23. The number of allylic oxidation sites excluding steroid dienone is 1. The number of benzene rings is 1. The van der Waals surface area contributed by atoms with Crippen molar-refractivity contribution in [1.29, 1.82) is 5.26 Å². The average molecular weight is 553 g/mol. The van der Waals surface area contributed by atoms with E-state index in [1.165, 1.54) is 34.1 Å². The van der Waals surface area contributed by atoms with Crippen molar-refractivity contribution in [2.45, 2.75) is 43.9 Å². The van der Waals surface area contributed by atoms with Crippen LogP contribution in [0.5, 0.6) is 0 Å². The van der Waals surface area contributed by atoms with Crippen LogP contribution in [0.3, 0.4) is 0 Å². The van der Waals surface area contributed by atoms with E-state index in [9.17, 15) is 14.9 Å². The Morgan fingerprint density at radius 3 is 2.86 bits per heavy atom. The molecule has 1 aliphatic rings. The van der Waals surface area contributed by atoms with E-state index in [-0.39, 0.29) is 24.1 Å². The smallest absolute Gasteiger partial charge is 0.244 e. The lowest BCUT2D eigenvalue weighted by Crippen LogP contribution is -2.23. The van der Waals surface area contributed by atoms with Crippen molar-refractivity contribution in [2.75, 3.05) is 11.1 Å². The van der Waals surface area contributed by atoms with Crippen LogP contribution in [-0.4, -0.2) is 32.3 Å². The molecule has 0 aliphatic heterocycles. The third-order valence-electron chi connectivity index (χ3n) is 5.71. The minimum Gasteiger partial charge on any atom is -0.345 e. The summed E-state index contributed by atoms with van der Waals surface area (Å²) >= 11 is 8.85. The van der Waals surface area contributed by atoms with E-state index in [4.69, 9.17) is 11.6 Å². The molecule has 0 radical (unpaired) electrons. The highest BCUT2D eigenvalue weighted by molar-refractivity contribution is 7.99. The molecule has 11 heteroatoms. The number of aryl methyl sites for hydroxylation is 1. The molecule has 1 aromatic carbocycles. The molecule has 0 spiro atoms. The number of hydrogen-bond donors (Lipinski definition) is 2. The average Bonchev–Trinajstić information content (AvgIpc) is 3.45. The maximum atomic E-state index is 12.7. The van der Waals surface area contributed by atoms with Gasteiger partial charge in [0.05, 0.1) is 17.9 Å². The molecule has 190 valence electrons. The van der Waals surface area contributed by atoms with E-state index in [0.717, 1.165) is 36.8 Å². The molecule has 3 aromatic rings. The summed E-state index contributed by atoms with van der Waals surface area (Å²) in [5, 5.41) is 25.4. The third-order valence-corrected chi connectivity index (χ3v) is 8.23. The van der Waals surface area contributed by atoms with E-state index >= 15 is 0 Å². The fourth-order valence-corrected chi connectivity index (χ4v) is 6.16. The molecule has 0 unspecified atom stereocenters. The zero-order chi connectivity index (χ0) is 26.2. The zero-order valence-corrected chi connectivity index (χ0v) is 22.4. The third kappa shape index (κ3) is 6.68. The molecule has 2 aromatic heterocycles. The highest BCUT2D eigenvalue weighted by atomic mass is 35.5. The second kappa shape index (κ2) is 12.7. The number of hydrogen-bond acceptors (Lipinski definition) is 7. The fraction of sp³-hybridized carbons (Fsp3) is 0.269. The summed E-state index contributed by atoms with van der Waals surface area (Å²) in [5.74, 6) is 0.136. The molecule has 0 bridgehead atoms. The zero-order valence-electron chi connectivity index (χ0n) is 20.0. The summed E-state index contributed by atoms with van der Waals surface area (Å²) in [6, 6.07) is 9.51. The van der Waals surface area contributed by atoms with Crippen molar-refractivity contribution in [3.05, 3.63) is 75.4 Å². The van der Waals surface area contributed by atoms with Crippen molar-refractivity contribution in [2.24, 2.45) is 0 Å². The number of anilines is 1. The Kier molecular flexibility index (Phi) is 9.17. The molecule has 37 heavy (non-hydrogen) atoms. The Morgan fingerprint density at radius 2 is 2.08 bits per heavy atom.